The van der Waals surface area contributed by atoms with E-state index in [-0.39, 0.29) is 17.5 Å². The summed E-state index contributed by atoms with van der Waals surface area (Å²) >= 11 is 1.30. The Labute approximate surface area is 184 Å². The molecule has 1 N–H and O–H groups in total. The van der Waals surface area contributed by atoms with Gasteiger partial charge in [0.2, 0.25) is 5.91 Å². The smallest absolute Gasteiger partial charge is 0.234 e. The maximum atomic E-state index is 13.5. The van der Waals surface area contributed by atoms with Crippen LogP contribution in [0.4, 0.5) is 10.1 Å². The van der Waals surface area contributed by atoms with E-state index in [0.29, 0.717) is 30.6 Å². The van der Waals surface area contributed by atoms with Crippen molar-refractivity contribution in [3.05, 3.63) is 65.7 Å². The van der Waals surface area contributed by atoms with E-state index in [4.69, 9.17) is 4.74 Å². The van der Waals surface area contributed by atoms with Crippen LogP contribution in [0, 0.1) is 12.7 Å². The van der Waals surface area contributed by atoms with Crippen LogP contribution >= 0.6 is 11.8 Å². The fraction of sp³-hybridized carbons (Fsp3) is 0.318. The summed E-state index contributed by atoms with van der Waals surface area (Å²) in [5.74, 6) is 0.344. The molecule has 9 heteroatoms. The Balaban J connectivity index is 1.49. The largest absolute Gasteiger partial charge is 0.379 e. The van der Waals surface area contributed by atoms with Gasteiger partial charge in [0.15, 0.2) is 11.0 Å². The Morgan fingerprint density at radius 3 is 2.71 bits per heavy atom. The number of aromatic nitrogens is 3. The number of nitrogens with one attached hydrogen (secondary N) is 1. The van der Waals surface area contributed by atoms with E-state index in [1.165, 1.54) is 23.9 Å². The second kappa shape index (κ2) is 10.0. The minimum Gasteiger partial charge on any atom is -0.379 e. The number of halogens is 1. The first kappa shape index (κ1) is 21.5. The summed E-state index contributed by atoms with van der Waals surface area (Å²) in [7, 11) is 0. The number of hydrogen-bond donors (Lipinski definition) is 1. The first-order chi connectivity index (χ1) is 15.1. The third kappa shape index (κ3) is 5.49. The molecule has 1 amide bonds. The normalized spacial score (nSPS) is 14.5. The van der Waals surface area contributed by atoms with Gasteiger partial charge in [0, 0.05) is 24.5 Å². The Kier molecular flexibility index (Phi) is 6.96. The molecule has 4 rings (SSSR count). The molecule has 3 aromatic rings. The first-order valence-electron chi connectivity index (χ1n) is 10.1. The minimum absolute atomic E-state index is 0.137. The predicted octanol–water partition coefficient (Wildman–Crippen LogP) is 3.28. The summed E-state index contributed by atoms with van der Waals surface area (Å²) in [5.41, 5.74) is 2.22. The number of aryl methyl sites for hydroxylation is 1. The Morgan fingerprint density at radius 2 is 1.94 bits per heavy atom. The van der Waals surface area contributed by atoms with Gasteiger partial charge in [-0.25, -0.2) is 4.39 Å². The van der Waals surface area contributed by atoms with Crippen molar-refractivity contribution in [3.63, 3.8) is 0 Å². The van der Waals surface area contributed by atoms with Crippen LogP contribution in [0.5, 0.6) is 0 Å². The zero-order valence-electron chi connectivity index (χ0n) is 17.3. The van der Waals surface area contributed by atoms with Crippen LogP contribution in [0.3, 0.4) is 0 Å². The van der Waals surface area contributed by atoms with Crippen LogP contribution in [0.25, 0.3) is 5.69 Å². The second-order valence-corrected chi connectivity index (χ2v) is 8.20. The van der Waals surface area contributed by atoms with Crippen molar-refractivity contribution in [2.24, 2.45) is 0 Å². The monoisotopic (exact) mass is 441 g/mol. The van der Waals surface area contributed by atoms with Gasteiger partial charge in [-0.15, -0.1) is 10.2 Å². The molecule has 0 spiro atoms. The van der Waals surface area contributed by atoms with E-state index in [0.717, 1.165) is 30.2 Å². The van der Waals surface area contributed by atoms with Crippen molar-refractivity contribution in [2.45, 2.75) is 18.6 Å². The fourth-order valence-corrected chi connectivity index (χ4v) is 4.11. The molecule has 162 valence electrons. The van der Waals surface area contributed by atoms with Crippen LogP contribution < -0.4 is 5.32 Å². The summed E-state index contributed by atoms with van der Waals surface area (Å²) in [6.07, 6.45) is 0. The van der Waals surface area contributed by atoms with Crippen molar-refractivity contribution in [3.8, 4) is 5.69 Å². The Morgan fingerprint density at radius 1 is 1.16 bits per heavy atom. The number of thioether (sulfide) groups is 1. The number of benzene rings is 2. The van der Waals surface area contributed by atoms with Gasteiger partial charge in [-0.1, -0.05) is 36.0 Å². The minimum atomic E-state index is -0.384. The molecular formula is C22H24FN5O2S. The lowest BCUT2D eigenvalue weighted by Crippen LogP contribution is -2.36. The average Bonchev–Trinajstić information content (AvgIpc) is 3.18. The van der Waals surface area contributed by atoms with E-state index in [1.54, 1.807) is 6.07 Å². The first-order valence-corrected chi connectivity index (χ1v) is 11.1. The molecule has 2 heterocycles. The molecule has 31 heavy (non-hydrogen) atoms. The summed E-state index contributed by atoms with van der Waals surface area (Å²) in [5, 5.41) is 12.2. The van der Waals surface area contributed by atoms with Crippen molar-refractivity contribution in [2.75, 3.05) is 37.4 Å². The van der Waals surface area contributed by atoms with Crippen molar-refractivity contribution < 1.29 is 13.9 Å². The fourth-order valence-electron chi connectivity index (χ4n) is 3.34. The van der Waals surface area contributed by atoms with Crippen LogP contribution in [-0.4, -0.2) is 57.6 Å². The predicted molar refractivity (Wildman–Crippen MR) is 118 cm³/mol. The summed E-state index contributed by atoms with van der Waals surface area (Å²) < 4.78 is 20.9. The molecule has 1 aliphatic rings. The van der Waals surface area contributed by atoms with Gasteiger partial charge in [-0.3, -0.25) is 14.3 Å². The summed E-state index contributed by atoms with van der Waals surface area (Å²) in [6.45, 7) is 5.59. The number of anilines is 1. The van der Waals surface area contributed by atoms with Gasteiger partial charge in [-0.2, -0.15) is 0 Å². The molecule has 0 radical (unpaired) electrons. The van der Waals surface area contributed by atoms with E-state index in [2.05, 4.69) is 20.4 Å². The van der Waals surface area contributed by atoms with Gasteiger partial charge in [0.25, 0.3) is 0 Å². The molecular weight excluding hydrogens is 417 g/mol. The number of carbonyl (C=O) groups is 1. The molecule has 1 aromatic heterocycles. The average molecular weight is 442 g/mol. The van der Waals surface area contributed by atoms with E-state index >= 15 is 0 Å². The van der Waals surface area contributed by atoms with Gasteiger partial charge >= 0.3 is 0 Å². The third-order valence-electron chi connectivity index (χ3n) is 4.99. The molecule has 1 aliphatic heterocycles. The highest BCUT2D eigenvalue weighted by Gasteiger charge is 2.19. The van der Waals surface area contributed by atoms with Crippen molar-refractivity contribution in [1.29, 1.82) is 0 Å². The number of morpholine rings is 1. The number of rotatable bonds is 7. The molecule has 2 aromatic carbocycles. The van der Waals surface area contributed by atoms with Crippen LogP contribution in [0.15, 0.2) is 53.7 Å². The summed E-state index contributed by atoms with van der Waals surface area (Å²) in [6, 6.07) is 14.2. The lowest BCUT2D eigenvalue weighted by Gasteiger charge is -2.26. The van der Waals surface area contributed by atoms with E-state index in [1.807, 2.05) is 41.8 Å². The molecule has 0 saturated carbocycles. The topological polar surface area (TPSA) is 72.3 Å². The van der Waals surface area contributed by atoms with E-state index < -0.39 is 0 Å². The Bertz CT molecular complexity index is 1040. The number of ether oxygens (including phenoxy) is 1. The van der Waals surface area contributed by atoms with E-state index in [9.17, 15) is 9.18 Å². The lowest BCUT2D eigenvalue weighted by atomic mass is 10.2. The van der Waals surface area contributed by atoms with Crippen molar-refractivity contribution in [1.82, 2.24) is 19.7 Å². The van der Waals surface area contributed by atoms with Crippen LogP contribution in [-0.2, 0) is 16.1 Å². The van der Waals surface area contributed by atoms with Gasteiger partial charge in [0.05, 0.1) is 25.5 Å². The zero-order chi connectivity index (χ0) is 21.6. The maximum Gasteiger partial charge on any atom is 0.234 e. The van der Waals surface area contributed by atoms with Crippen molar-refractivity contribution >= 4 is 23.4 Å². The lowest BCUT2D eigenvalue weighted by molar-refractivity contribution is -0.113. The number of hydrogen-bond acceptors (Lipinski definition) is 6. The molecule has 0 unspecified atom stereocenters. The molecule has 0 aliphatic carbocycles. The number of amides is 1. The van der Waals surface area contributed by atoms with Crippen LogP contribution in [0.2, 0.25) is 0 Å². The molecule has 7 nitrogen and oxygen atoms in total. The molecule has 0 atom stereocenters. The van der Waals surface area contributed by atoms with Crippen LogP contribution in [0.1, 0.15) is 11.4 Å². The molecule has 0 bridgehead atoms. The quantitative estimate of drug-likeness (QED) is 0.568. The summed E-state index contributed by atoms with van der Waals surface area (Å²) in [4.78, 5) is 14.8. The third-order valence-corrected chi connectivity index (χ3v) is 5.92. The van der Waals surface area contributed by atoms with Gasteiger partial charge in [0.1, 0.15) is 5.82 Å². The number of carbonyl (C=O) groups excluding carboxylic acids is 1. The van der Waals surface area contributed by atoms with Gasteiger partial charge < -0.3 is 10.1 Å². The maximum absolute atomic E-state index is 13.5. The highest BCUT2D eigenvalue weighted by molar-refractivity contribution is 7.99. The second-order valence-electron chi connectivity index (χ2n) is 7.25. The van der Waals surface area contributed by atoms with Gasteiger partial charge in [-0.05, 0) is 36.8 Å². The molecule has 1 fully saturated rings. The molecule has 1 saturated heterocycles. The highest BCUT2D eigenvalue weighted by Crippen LogP contribution is 2.24. The standard InChI is InChI=1S/C22H24FN5O2S/c1-16-7-8-17(23)13-19(16)24-21(29)15-31-22-26-25-20(14-27-9-11-30-12-10-27)28(22)18-5-3-2-4-6-18/h2-8,13H,9-12,14-15H2,1H3,(H,24,29). The Hall–Kier alpha value is -2.75. The zero-order valence-corrected chi connectivity index (χ0v) is 18.1. The SMILES string of the molecule is Cc1ccc(F)cc1NC(=O)CSc1nnc(CN2CCOCC2)n1-c1ccccc1. The number of para-hydroxylation sites is 1. The highest BCUT2D eigenvalue weighted by atomic mass is 32.2. The number of nitrogens with zero attached hydrogens (tertiary/aromatic N) is 4.